The lowest BCUT2D eigenvalue weighted by atomic mass is 10.1. The minimum atomic E-state index is -3.75. The molecular weight excluding hydrogens is 276 g/mol. The number of benzene rings is 1. The first-order chi connectivity index (χ1) is 9.57. The van der Waals surface area contributed by atoms with Gasteiger partial charge in [-0.1, -0.05) is 30.3 Å². The fourth-order valence-corrected chi connectivity index (χ4v) is 2.83. The Morgan fingerprint density at radius 3 is 2.40 bits per heavy atom. The molecular formula is C14H18N2O3S. The molecule has 1 aliphatic heterocycles. The molecule has 1 aromatic carbocycles. The Morgan fingerprint density at radius 1 is 1.10 bits per heavy atom. The fourth-order valence-electron chi connectivity index (χ4n) is 2.05. The number of amides is 2. The van der Waals surface area contributed by atoms with Crippen molar-refractivity contribution in [2.75, 3.05) is 13.1 Å². The number of hydrogen-bond donors (Lipinski definition) is 1. The highest BCUT2D eigenvalue weighted by Gasteiger charge is 2.19. The molecule has 1 N–H and O–H groups in total. The summed E-state index contributed by atoms with van der Waals surface area (Å²) in [6, 6.07) is 8.53. The molecule has 0 unspecified atom stereocenters. The normalized spacial score (nSPS) is 16.3. The number of nitrogens with one attached hydrogen (secondary N) is 1. The van der Waals surface area contributed by atoms with Gasteiger partial charge >= 0.3 is 6.03 Å². The Kier molecular flexibility index (Phi) is 4.79. The van der Waals surface area contributed by atoms with E-state index in [4.69, 9.17) is 0 Å². The lowest BCUT2D eigenvalue weighted by Crippen LogP contribution is -2.44. The quantitative estimate of drug-likeness (QED) is 0.929. The smallest absolute Gasteiger partial charge is 0.324 e. The first kappa shape index (κ1) is 14.6. The van der Waals surface area contributed by atoms with Gasteiger partial charge < -0.3 is 4.90 Å². The van der Waals surface area contributed by atoms with Crippen molar-refractivity contribution < 1.29 is 13.2 Å². The number of piperidine rings is 1. The van der Waals surface area contributed by atoms with Gasteiger partial charge in [-0.2, -0.15) is 0 Å². The van der Waals surface area contributed by atoms with Crippen LogP contribution in [-0.4, -0.2) is 32.4 Å². The highest BCUT2D eigenvalue weighted by molar-refractivity contribution is 7.93. The standard InChI is InChI=1S/C14H18N2O3S/c17-14(16-10-5-2-6-11-16)15-20(18,19)12-9-13-7-3-1-4-8-13/h1,3-4,7-9,12H,2,5-6,10-11H2,(H,15,17). The van der Waals surface area contributed by atoms with Crippen molar-refractivity contribution in [1.82, 2.24) is 9.62 Å². The van der Waals surface area contributed by atoms with Crippen molar-refractivity contribution in [3.8, 4) is 0 Å². The summed E-state index contributed by atoms with van der Waals surface area (Å²) < 4.78 is 25.7. The lowest BCUT2D eigenvalue weighted by molar-refractivity contribution is 0.192. The maximum Gasteiger partial charge on any atom is 0.331 e. The van der Waals surface area contributed by atoms with Gasteiger partial charge in [-0.15, -0.1) is 0 Å². The van der Waals surface area contributed by atoms with Crippen molar-refractivity contribution in [1.29, 1.82) is 0 Å². The van der Waals surface area contributed by atoms with Crippen LogP contribution in [0.5, 0.6) is 0 Å². The Bertz CT molecular complexity index is 576. The monoisotopic (exact) mass is 294 g/mol. The molecule has 2 rings (SSSR count). The van der Waals surface area contributed by atoms with E-state index in [0.29, 0.717) is 13.1 Å². The molecule has 0 radical (unpaired) electrons. The van der Waals surface area contributed by atoms with Crippen LogP contribution in [0.15, 0.2) is 35.7 Å². The van der Waals surface area contributed by atoms with Crippen LogP contribution in [0.4, 0.5) is 4.79 Å². The van der Waals surface area contributed by atoms with Gasteiger partial charge in [0.25, 0.3) is 10.0 Å². The van der Waals surface area contributed by atoms with Gasteiger partial charge in [-0.25, -0.2) is 17.9 Å². The molecule has 1 fully saturated rings. The molecule has 0 aliphatic carbocycles. The number of likely N-dealkylation sites (tertiary alicyclic amines) is 1. The molecule has 1 saturated heterocycles. The third kappa shape index (κ3) is 4.38. The summed E-state index contributed by atoms with van der Waals surface area (Å²) >= 11 is 0. The van der Waals surface area contributed by atoms with Gasteiger partial charge in [-0.3, -0.25) is 0 Å². The van der Waals surface area contributed by atoms with Crippen molar-refractivity contribution in [3.05, 3.63) is 41.3 Å². The molecule has 0 spiro atoms. The number of carbonyl (C=O) groups is 1. The SMILES string of the molecule is O=C(NS(=O)(=O)C=Cc1ccccc1)N1CCCCC1. The lowest BCUT2D eigenvalue weighted by Gasteiger charge is -2.26. The maximum absolute atomic E-state index is 11.8. The third-order valence-electron chi connectivity index (χ3n) is 3.11. The van der Waals surface area contributed by atoms with Crippen LogP contribution < -0.4 is 4.72 Å². The number of hydrogen-bond acceptors (Lipinski definition) is 3. The molecule has 1 aliphatic rings. The second-order valence-electron chi connectivity index (χ2n) is 4.71. The predicted molar refractivity (Wildman–Crippen MR) is 78.4 cm³/mol. The van der Waals surface area contributed by atoms with Crippen LogP contribution >= 0.6 is 0 Å². The molecule has 2 amide bonds. The second kappa shape index (κ2) is 6.56. The van der Waals surface area contributed by atoms with Gasteiger partial charge in [0.05, 0.1) is 5.41 Å². The van der Waals surface area contributed by atoms with Crippen LogP contribution in [-0.2, 0) is 10.0 Å². The molecule has 1 heterocycles. The van der Waals surface area contributed by atoms with E-state index in [2.05, 4.69) is 4.72 Å². The number of rotatable bonds is 3. The van der Waals surface area contributed by atoms with E-state index in [0.717, 1.165) is 30.2 Å². The minimum Gasteiger partial charge on any atom is -0.324 e. The average Bonchev–Trinajstić information content (AvgIpc) is 2.47. The maximum atomic E-state index is 11.8. The van der Waals surface area contributed by atoms with Gasteiger partial charge in [0.15, 0.2) is 0 Å². The Morgan fingerprint density at radius 2 is 1.75 bits per heavy atom. The van der Waals surface area contributed by atoms with E-state index in [1.807, 2.05) is 18.2 Å². The molecule has 5 nitrogen and oxygen atoms in total. The zero-order chi connectivity index (χ0) is 14.4. The van der Waals surface area contributed by atoms with Gasteiger partial charge in [0, 0.05) is 13.1 Å². The van der Waals surface area contributed by atoms with Crippen LogP contribution in [0.25, 0.3) is 6.08 Å². The fraction of sp³-hybridized carbons (Fsp3) is 0.357. The summed E-state index contributed by atoms with van der Waals surface area (Å²) in [6.07, 6.45) is 4.40. The van der Waals surface area contributed by atoms with Gasteiger partial charge in [0.1, 0.15) is 0 Å². The van der Waals surface area contributed by atoms with Crippen LogP contribution in [0.1, 0.15) is 24.8 Å². The van der Waals surface area contributed by atoms with E-state index in [-0.39, 0.29) is 0 Å². The minimum absolute atomic E-state index is 0.539. The highest BCUT2D eigenvalue weighted by Crippen LogP contribution is 2.09. The summed E-state index contributed by atoms with van der Waals surface area (Å²) in [6.45, 7) is 1.23. The Balaban J connectivity index is 1.96. The summed E-state index contributed by atoms with van der Waals surface area (Å²) in [5.74, 6) is 0. The summed E-state index contributed by atoms with van der Waals surface area (Å²) in [7, 11) is -3.75. The zero-order valence-corrected chi connectivity index (χ0v) is 12.0. The largest absolute Gasteiger partial charge is 0.331 e. The van der Waals surface area contributed by atoms with Crippen LogP contribution in [0.3, 0.4) is 0 Å². The summed E-state index contributed by atoms with van der Waals surface area (Å²) in [5.41, 5.74) is 0.767. The topological polar surface area (TPSA) is 66.5 Å². The van der Waals surface area contributed by atoms with Crippen molar-refractivity contribution in [2.24, 2.45) is 0 Å². The Hall–Kier alpha value is -1.82. The molecule has 1 aromatic rings. The molecule has 6 heteroatoms. The van der Waals surface area contributed by atoms with Crippen molar-refractivity contribution >= 4 is 22.1 Å². The average molecular weight is 294 g/mol. The summed E-state index contributed by atoms with van der Waals surface area (Å²) in [5, 5.41) is 1.02. The van der Waals surface area contributed by atoms with Gasteiger partial charge in [0.2, 0.25) is 0 Å². The van der Waals surface area contributed by atoms with Crippen molar-refractivity contribution in [3.63, 3.8) is 0 Å². The van der Waals surface area contributed by atoms with E-state index >= 15 is 0 Å². The molecule has 0 saturated carbocycles. The predicted octanol–water partition coefficient (Wildman–Crippen LogP) is 2.18. The molecule has 0 aromatic heterocycles. The first-order valence-corrected chi connectivity index (χ1v) is 8.16. The molecule has 108 valence electrons. The molecule has 0 bridgehead atoms. The Labute approximate surface area is 119 Å². The van der Waals surface area contributed by atoms with Crippen molar-refractivity contribution in [2.45, 2.75) is 19.3 Å². The van der Waals surface area contributed by atoms with Crippen LogP contribution in [0, 0.1) is 0 Å². The second-order valence-corrected chi connectivity index (χ2v) is 6.28. The first-order valence-electron chi connectivity index (χ1n) is 6.62. The zero-order valence-electron chi connectivity index (χ0n) is 11.2. The van der Waals surface area contributed by atoms with E-state index in [1.54, 1.807) is 12.1 Å². The van der Waals surface area contributed by atoms with Crippen LogP contribution in [0.2, 0.25) is 0 Å². The number of carbonyl (C=O) groups excluding carboxylic acids is 1. The number of nitrogens with zero attached hydrogens (tertiary/aromatic N) is 1. The highest BCUT2D eigenvalue weighted by atomic mass is 32.2. The molecule has 20 heavy (non-hydrogen) atoms. The summed E-state index contributed by atoms with van der Waals surface area (Å²) in [4.78, 5) is 13.4. The van der Waals surface area contributed by atoms with Gasteiger partial charge in [-0.05, 0) is 30.9 Å². The number of urea groups is 1. The van der Waals surface area contributed by atoms with E-state index in [1.165, 1.54) is 11.0 Å². The third-order valence-corrected chi connectivity index (χ3v) is 4.07. The van der Waals surface area contributed by atoms with E-state index in [9.17, 15) is 13.2 Å². The number of sulfonamides is 1. The van der Waals surface area contributed by atoms with E-state index < -0.39 is 16.1 Å². The molecule has 0 atom stereocenters.